The molecule has 1 amide bonds. The van der Waals surface area contributed by atoms with Gasteiger partial charge in [0.15, 0.2) is 0 Å². The molecule has 4 rings (SSSR count). The van der Waals surface area contributed by atoms with Gasteiger partial charge in [0, 0.05) is 25.6 Å². The molecule has 3 atom stereocenters. The van der Waals surface area contributed by atoms with E-state index in [0.717, 1.165) is 31.1 Å². The van der Waals surface area contributed by atoms with E-state index in [9.17, 15) is 4.79 Å². The quantitative estimate of drug-likeness (QED) is 0.722. The van der Waals surface area contributed by atoms with Crippen molar-refractivity contribution in [1.29, 1.82) is 0 Å². The molecule has 6 heteroatoms. The molecule has 4 nitrogen and oxygen atoms in total. The predicted octanol–water partition coefficient (Wildman–Crippen LogP) is 4.27. The molecule has 28 heavy (non-hydrogen) atoms. The molecule has 154 valence electrons. The number of fused-ring (bicyclic) bond motifs is 1. The standard InChI is InChI=1S/C22H30Cl2N2O2/c1-15-13-28-14-20-22(15,2)26(9-8-25(20)12-16-4-3-5-16)21(27)11-17-6-7-18(23)19(24)10-17/h6-7,10,15-16,20H,3-5,8-9,11-14H2,1-2H3/t15?,20-,22?/m0/s1. The number of hydrogen-bond acceptors (Lipinski definition) is 3. The van der Waals surface area contributed by atoms with Gasteiger partial charge < -0.3 is 9.64 Å². The zero-order valence-corrected chi connectivity index (χ0v) is 18.3. The van der Waals surface area contributed by atoms with Gasteiger partial charge in [-0.3, -0.25) is 9.69 Å². The number of carbonyl (C=O) groups is 1. The lowest BCUT2D eigenvalue weighted by molar-refractivity contribution is -0.172. The summed E-state index contributed by atoms with van der Waals surface area (Å²) in [6.07, 6.45) is 4.41. The first-order valence-corrected chi connectivity index (χ1v) is 11.2. The van der Waals surface area contributed by atoms with Gasteiger partial charge in [-0.2, -0.15) is 0 Å². The van der Waals surface area contributed by atoms with Crippen LogP contribution in [-0.2, 0) is 16.0 Å². The number of halogens is 2. The monoisotopic (exact) mass is 424 g/mol. The first-order chi connectivity index (χ1) is 13.4. The number of benzene rings is 1. The van der Waals surface area contributed by atoms with E-state index in [-0.39, 0.29) is 17.5 Å². The molecule has 2 heterocycles. The number of piperazine rings is 1. The number of rotatable bonds is 4. The highest BCUT2D eigenvalue weighted by Crippen LogP contribution is 2.40. The van der Waals surface area contributed by atoms with Crippen LogP contribution in [0.25, 0.3) is 0 Å². The van der Waals surface area contributed by atoms with Crippen molar-refractivity contribution in [2.24, 2.45) is 11.8 Å². The molecule has 2 aliphatic heterocycles. The van der Waals surface area contributed by atoms with Crippen molar-refractivity contribution in [2.75, 3.05) is 32.8 Å². The maximum absolute atomic E-state index is 13.4. The van der Waals surface area contributed by atoms with Gasteiger partial charge in [-0.15, -0.1) is 0 Å². The number of nitrogens with zero attached hydrogens (tertiary/aromatic N) is 2. The van der Waals surface area contributed by atoms with Crippen LogP contribution in [0.3, 0.4) is 0 Å². The highest BCUT2D eigenvalue weighted by atomic mass is 35.5. The van der Waals surface area contributed by atoms with Gasteiger partial charge in [0.25, 0.3) is 0 Å². The third-order valence-electron chi connectivity index (χ3n) is 7.31. The smallest absolute Gasteiger partial charge is 0.227 e. The van der Waals surface area contributed by atoms with Crippen molar-refractivity contribution in [1.82, 2.24) is 9.80 Å². The van der Waals surface area contributed by atoms with Gasteiger partial charge in [0.05, 0.1) is 41.3 Å². The van der Waals surface area contributed by atoms with E-state index in [4.69, 9.17) is 27.9 Å². The molecule has 2 unspecified atom stereocenters. The summed E-state index contributed by atoms with van der Waals surface area (Å²) in [7, 11) is 0. The lowest BCUT2D eigenvalue weighted by Gasteiger charge is -2.60. The molecular formula is C22H30Cl2N2O2. The van der Waals surface area contributed by atoms with Gasteiger partial charge in [-0.25, -0.2) is 0 Å². The molecule has 0 N–H and O–H groups in total. The first-order valence-electron chi connectivity index (χ1n) is 10.5. The maximum Gasteiger partial charge on any atom is 0.227 e. The van der Waals surface area contributed by atoms with Gasteiger partial charge >= 0.3 is 0 Å². The first kappa shape index (κ1) is 20.5. The summed E-state index contributed by atoms with van der Waals surface area (Å²) in [5.41, 5.74) is 0.712. The molecule has 1 saturated carbocycles. The highest BCUT2D eigenvalue weighted by molar-refractivity contribution is 6.42. The number of ether oxygens (including phenoxy) is 1. The Morgan fingerprint density at radius 2 is 2.00 bits per heavy atom. The van der Waals surface area contributed by atoms with Crippen LogP contribution < -0.4 is 0 Å². The van der Waals surface area contributed by atoms with Crippen LogP contribution in [0.5, 0.6) is 0 Å². The fourth-order valence-electron chi connectivity index (χ4n) is 5.11. The lowest BCUT2D eigenvalue weighted by Crippen LogP contribution is -2.74. The van der Waals surface area contributed by atoms with Crippen LogP contribution in [0, 0.1) is 11.8 Å². The molecule has 0 bridgehead atoms. The summed E-state index contributed by atoms with van der Waals surface area (Å²) in [6, 6.07) is 5.74. The zero-order valence-electron chi connectivity index (χ0n) is 16.8. The summed E-state index contributed by atoms with van der Waals surface area (Å²) in [5, 5.41) is 1.02. The summed E-state index contributed by atoms with van der Waals surface area (Å²) in [4.78, 5) is 18.1. The Morgan fingerprint density at radius 1 is 1.21 bits per heavy atom. The average molecular weight is 425 g/mol. The minimum atomic E-state index is -0.201. The summed E-state index contributed by atoms with van der Waals surface area (Å²) < 4.78 is 5.94. The molecule has 3 fully saturated rings. The van der Waals surface area contributed by atoms with Gasteiger partial charge in [0.2, 0.25) is 5.91 Å². The predicted molar refractivity (Wildman–Crippen MR) is 113 cm³/mol. The van der Waals surface area contributed by atoms with Gasteiger partial charge in [-0.05, 0) is 43.4 Å². The minimum Gasteiger partial charge on any atom is -0.379 e. The van der Waals surface area contributed by atoms with E-state index in [0.29, 0.717) is 35.6 Å². The van der Waals surface area contributed by atoms with Crippen LogP contribution in [0.1, 0.15) is 38.7 Å². The molecule has 2 saturated heterocycles. The average Bonchev–Trinajstić information content (AvgIpc) is 2.62. The Kier molecular flexibility index (Phi) is 5.95. The third-order valence-corrected chi connectivity index (χ3v) is 8.05. The van der Waals surface area contributed by atoms with Crippen molar-refractivity contribution in [3.8, 4) is 0 Å². The van der Waals surface area contributed by atoms with E-state index < -0.39 is 0 Å². The normalized spacial score (nSPS) is 31.4. The van der Waals surface area contributed by atoms with Crippen molar-refractivity contribution < 1.29 is 9.53 Å². The molecule has 1 aliphatic carbocycles. The molecule has 0 radical (unpaired) electrons. The molecular weight excluding hydrogens is 395 g/mol. The van der Waals surface area contributed by atoms with Crippen LogP contribution in [-0.4, -0.2) is 60.1 Å². The fourth-order valence-corrected chi connectivity index (χ4v) is 5.43. The van der Waals surface area contributed by atoms with Crippen molar-refractivity contribution in [2.45, 2.75) is 51.1 Å². The second kappa shape index (κ2) is 8.14. The summed E-state index contributed by atoms with van der Waals surface area (Å²) in [6.45, 7) is 8.77. The SMILES string of the molecule is CC1COC[C@@H]2N(CC3CCC3)CCN(C(=O)Cc3ccc(Cl)c(Cl)c3)C12C. The second-order valence-electron chi connectivity index (χ2n) is 8.94. The van der Waals surface area contributed by atoms with E-state index in [1.54, 1.807) is 6.07 Å². The Hall–Kier alpha value is -0.810. The third kappa shape index (κ3) is 3.69. The van der Waals surface area contributed by atoms with E-state index in [1.807, 2.05) is 12.1 Å². The topological polar surface area (TPSA) is 32.8 Å². The van der Waals surface area contributed by atoms with Gasteiger partial charge in [0.1, 0.15) is 0 Å². The van der Waals surface area contributed by atoms with Crippen LogP contribution in [0.2, 0.25) is 10.0 Å². The summed E-state index contributed by atoms with van der Waals surface area (Å²) >= 11 is 12.2. The van der Waals surface area contributed by atoms with E-state index >= 15 is 0 Å². The van der Waals surface area contributed by atoms with Gasteiger partial charge in [-0.1, -0.05) is 42.6 Å². The molecule has 1 aromatic carbocycles. The molecule has 3 aliphatic rings. The van der Waals surface area contributed by atoms with Crippen LogP contribution in [0.4, 0.5) is 0 Å². The highest BCUT2D eigenvalue weighted by Gasteiger charge is 2.53. The van der Waals surface area contributed by atoms with Crippen LogP contribution in [0.15, 0.2) is 18.2 Å². The van der Waals surface area contributed by atoms with Crippen molar-refractivity contribution >= 4 is 29.1 Å². The van der Waals surface area contributed by atoms with E-state index in [1.165, 1.54) is 19.3 Å². The minimum absolute atomic E-state index is 0.169. The molecule has 0 aromatic heterocycles. The van der Waals surface area contributed by atoms with Crippen molar-refractivity contribution in [3.63, 3.8) is 0 Å². The lowest BCUT2D eigenvalue weighted by atomic mass is 9.74. The molecule has 1 aromatic rings. The number of carbonyl (C=O) groups excluding carboxylic acids is 1. The summed E-state index contributed by atoms with van der Waals surface area (Å²) in [5.74, 6) is 1.29. The maximum atomic E-state index is 13.4. The number of amides is 1. The number of hydrogen-bond donors (Lipinski definition) is 0. The largest absolute Gasteiger partial charge is 0.379 e. The molecule has 0 spiro atoms. The Bertz CT molecular complexity index is 739. The van der Waals surface area contributed by atoms with E-state index in [2.05, 4.69) is 23.6 Å². The Balaban J connectivity index is 1.54. The van der Waals surface area contributed by atoms with Crippen LogP contribution >= 0.6 is 23.2 Å². The Morgan fingerprint density at radius 3 is 2.68 bits per heavy atom. The Labute approximate surface area is 178 Å². The second-order valence-corrected chi connectivity index (χ2v) is 9.76. The van der Waals surface area contributed by atoms with Crippen molar-refractivity contribution in [3.05, 3.63) is 33.8 Å². The zero-order chi connectivity index (χ0) is 19.9. The fraction of sp³-hybridized carbons (Fsp3) is 0.682.